The van der Waals surface area contributed by atoms with Gasteiger partial charge in [-0.25, -0.2) is 4.39 Å². The Morgan fingerprint density at radius 3 is 2.82 bits per heavy atom. The number of fused-ring (bicyclic) bond motifs is 2. The van der Waals surface area contributed by atoms with E-state index in [9.17, 15) is 9.18 Å². The van der Waals surface area contributed by atoms with E-state index < -0.39 is 5.82 Å². The van der Waals surface area contributed by atoms with E-state index in [0.29, 0.717) is 17.6 Å². The number of piperidine rings is 1. The SMILES string of the molecule is CCO[C@H]1CC2CC1CN2C(=O)Cc1ccc(OC)c(F)c1. The van der Waals surface area contributed by atoms with Crippen molar-refractivity contribution in [3.05, 3.63) is 29.6 Å². The smallest absolute Gasteiger partial charge is 0.227 e. The average Bonchev–Trinajstić information content (AvgIpc) is 3.08. The number of nitrogens with zero attached hydrogens (tertiary/aromatic N) is 1. The second-order valence-corrected chi connectivity index (χ2v) is 6.07. The molecule has 1 aromatic carbocycles. The Hall–Kier alpha value is -1.62. The summed E-state index contributed by atoms with van der Waals surface area (Å²) in [6.07, 6.45) is 2.51. The molecule has 1 heterocycles. The van der Waals surface area contributed by atoms with Crippen molar-refractivity contribution in [1.29, 1.82) is 0 Å². The molecule has 120 valence electrons. The molecule has 0 aromatic heterocycles. The van der Waals surface area contributed by atoms with Crippen LogP contribution in [0.4, 0.5) is 4.39 Å². The maximum atomic E-state index is 13.7. The lowest BCUT2D eigenvalue weighted by molar-refractivity contribution is -0.133. The Labute approximate surface area is 130 Å². The largest absolute Gasteiger partial charge is 0.494 e. The molecule has 0 radical (unpaired) electrons. The fraction of sp³-hybridized carbons (Fsp3) is 0.588. The molecule has 4 nitrogen and oxygen atoms in total. The van der Waals surface area contributed by atoms with E-state index in [-0.39, 0.29) is 24.1 Å². The van der Waals surface area contributed by atoms with Crippen LogP contribution in [0.15, 0.2) is 18.2 Å². The van der Waals surface area contributed by atoms with Crippen LogP contribution >= 0.6 is 0 Å². The molecule has 1 saturated heterocycles. The lowest BCUT2D eigenvalue weighted by Gasteiger charge is -2.31. The van der Waals surface area contributed by atoms with E-state index in [1.165, 1.54) is 13.2 Å². The number of carbonyl (C=O) groups excluding carboxylic acids is 1. The normalized spacial score (nSPS) is 26.5. The highest BCUT2D eigenvalue weighted by atomic mass is 19.1. The summed E-state index contributed by atoms with van der Waals surface area (Å²) in [5.74, 6) is 0.316. The minimum atomic E-state index is -0.424. The second kappa shape index (κ2) is 6.24. The first-order valence-electron chi connectivity index (χ1n) is 7.85. The van der Waals surface area contributed by atoms with E-state index >= 15 is 0 Å². The van der Waals surface area contributed by atoms with E-state index in [1.807, 2.05) is 11.8 Å². The molecule has 5 heteroatoms. The van der Waals surface area contributed by atoms with Gasteiger partial charge in [0.25, 0.3) is 0 Å². The van der Waals surface area contributed by atoms with Gasteiger partial charge in [-0.15, -0.1) is 0 Å². The van der Waals surface area contributed by atoms with Crippen LogP contribution in [0.3, 0.4) is 0 Å². The van der Waals surface area contributed by atoms with Crippen LogP contribution in [-0.4, -0.2) is 43.2 Å². The maximum Gasteiger partial charge on any atom is 0.227 e. The van der Waals surface area contributed by atoms with Crippen molar-refractivity contribution in [3.63, 3.8) is 0 Å². The standard InChI is InChI=1S/C17H22FNO3/c1-3-22-16-9-13-8-12(16)10-19(13)17(20)7-11-4-5-15(21-2)14(18)6-11/h4-6,12-13,16H,3,7-10H2,1-2H3/t12?,13?,16-/m0/s1. The van der Waals surface area contributed by atoms with Gasteiger partial charge in [0, 0.05) is 25.1 Å². The van der Waals surface area contributed by atoms with Gasteiger partial charge in [-0.05, 0) is 37.5 Å². The second-order valence-electron chi connectivity index (χ2n) is 6.07. The third-order valence-electron chi connectivity index (χ3n) is 4.75. The number of benzene rings is 1. The number of methoxy groups -OCH3 is 1. The first-order chi connectivity index (χ1) is 10.6. The van der Waals surface area contributed by atoms with Crippen molar-refractivity contribution in [2.24, 2.45) is 5.92 Å². The highest BCUT2D eigenvalue weighted by molar-refractivity contribution is 5.79. The van der Waals surface area contributed by atoms with Crippen molar-refractivity contribution in [2.75, 3.05) is 20.3 Å². The topological polar surface area (TPSA) is 38.8 Å². The zero-order chi connectivity index (χ0) is 15.7. The number of hydrogen-bond donors (Lipinski definition) is 0. The molecule has 1 aromatic rings. The third kappa shape index (κ3) is 2.82. The van der Waals surface area contributed by atoms with Gasteiger partial charge in [-0.1, -0.05) is 6.07 Å². The van der Waals surface area contributed by atoms with Gasteiger partial charge in [0.2, 0.25) is 5.91 Å². The zero-order valence-electron chi connectivity index (χ0n) is 13.0. The van der Waals surface area contributed by atoms with Crippen molar-refractivity contribution in [1.82, 2.24) is 4.90 Å². The van der Waals surface area contributed by atoms with Crippen LogP contribution in [0.25, 0.3) is 0 Å². The summed E-state index contributed by atoms with van der Waals surface area (Å²) >= 11 is 0. The summed E-state index contributed by atoms with van der Waals surface area (Å²) in [4.78, 5) is 14.4. The number of ether oxygens (including phenoxy) is 2. The van der Waals surface area contributed by atoms with Gasteiger partial charge >= 0.3 is 0 Å². The molecule has 3 rings (SSSR count). The molecule has 0 spiro atoms. The minimum Gasteiger partial charge on any atom is -0.494 e. The van der Waals surface area contributed by atoms with Crippen LogP contribution in [0.2, 0.25) is 0 Å². The Morgan fingerprint density at radius 2 is 2.23 bits per heavy atom. The summed E-state index contributed by atoms with van der Waals surface area (Å²) in [6.45, 7) is 3.51. The fourth-order valence-corrected chi connectivity index (χ4v) is 3.73. The first kappa shape index (κ1) is 15.3. The summed E-state index contributed by atoms with van der Waals surface area (Å²) in [7, 11) is 1.43. The highest BCUT2D eigenvalue weighted by Gasteiger charge is 2.46. The Morgan fingerprint density at radius 1 is 1.41 bits per heavy atom. The minimum absolute atomic E-state index is 0.0759. The van der Waals surface area contributed by atoms with Crippen molar-refractivity contribution < 1.29 is 18.7 Å². The first-order valence-corrected chi connectivity index (χ1v) is 7.85. The molecule has 3 atom stereocenters. The predicted molar refractivity (Wildman–Crippen MR) is 80.3 cm³/mol. The third-order valence-corrected chi connectivity index (χ3v) is 4.75. The van der Waals surface area contributed by atoms with Crippen molar-refractivity contribution in [2.45, 2.75) is 38.3 Å². The predicted octanol–water partition coefficient (Wildman–Crippen LogP) is 2.40. The van der Waals surface area contributed by atoms with E-state index in [1.54, 1.807) is 12.1 Å². The molecule has 0 N–H and O–H groups in total. The van der Waals surface area contributed by atoms with E-state index in [0.717, 1.165) is 26.0 Å². The van der Waals surface area contributed by atoms with Crippen molar-refractivity contribution in [3.8, 4) is 5.75 Å². The summed E-state index contributed by atoms with van der Waals surface area (Å²) in [6, 6.07) is 4.99. The Bertz CT molecular complexity index is 563. The molecule has 2 aliphatic rings. The Balaban J connectivity index is 1.61. The van der Waals surface area contributed by atoms with Crippen molar-refractivity contribution >= 4 is 5.91 Å². The van der Waals surface area contributed by atoms with Crippen LogP contribution in [0.5, 0.6) is 5.75 Å². The number of carbonyl (C=O) groups is 1. The monoisotopic (exact) mass is 307 g/mol. The molecule has 22 heavy (non-hydrogen) atoms. The fourth-order valence-electron chi connectivity index (χ4n) is 3.73. The summed E-state index contributed by atoms with van der Waals surface area (Å²) in [5, 5.41) is 0. The molecular weight excluding hydrogens is 285 g/mol. The summed E-state index contributed by atoms with van der Waals surface area (Å²) < 4.78 is 24.3. The summed E-state index contributed by atoms with van der Waals surface area (Å²) in [5.41, 5.74) is 0.687. The molecule has 2 unspecified atom stereocenters. The lowest BCUT2D eigenvalue weighted by Crippen LogP contribution is -2.43. The molecule has 1 aliphatic carbocycles. The molecule has 1 amide bonds. The van der Waals surface area contributed by atoms with Crippen LogP contribution in [0.1, 0.15) is 25.3 Å². The van der Waals surface area contributed by atoms with Gasteiger partial charge in [0.05, 0.1) is 19.6 Å². The highest BCUT2D eigenvalue weighted by Crippen LogP contribution is 2.39. The molecule has 1 aliphatic heterocycles. The quantitative estimate of drug-likeness (QED) is 0.838. The van der Waals surface area contributed by atoms with E-state index in [2.05, 4.69) is 0 Å². The maximum absolute atomic E-state index is 13.7. The van der Waals surface area contributed by atoms with Gasteiger partial charge in [-0.3, -0.25) is 4.79 Å². The van der Waals surface area contributed by atoms with Gasteiger partial charge in [-0.2, -0.15) is 0 Å². The van der Waals surface area contributed by atoms with Crippen LogP contribution in [0, 0.1) is 11.7 Å². The van der Waals surface area contributed by atoms with Gasteiger partial charge in [0.15, 0.2) is 11.6 Å². The number of rotatable bonds is 5. The number of likely N-dealkylation sites (tertiary alicyclic amines) is 1. The number of halogens is 1. The Kier molecular flexibility index (Phi) is 4.34. The molecule has 1 saturated carbocycles. The molecule has 2 fully saturated rings. The zero-order valence-corrected chi connectivity index (χ0v) is 13.0. The van der Waals surface area contributed by atoms with E-state index in [4.69, 9.17) is 9.47 Å². The molecular formula is C17H22FNO3. The van der Waals surface area contributed by atoms with Gasteiger partial charge in [0.1, 0.15) is 0 Å². The van der Waals surface area contributed by atoms with Gasteiger partial charge < -0.3 is 14.4 Å². The average molecular weight is 307 g/mol. The van der Waals surface area contributed by atoms with Crippen LogP contribution < -0.4 is 4.74 Å². The van der Waals surface area contributed by atoms with Crippen LogP contribution in [-0.2, 0) is 16.0 Å². The number of hydrogen-bond acceptors (Lipinski definition) is 3. The number of amides is 1. The lowest BCUT2D eigenvalue weighted by atomic mass is 10.0. The molecule has 2 bridgehead atoms.